The van der Waals surface area contributed by atoms with Gasteiger partial charge < -0.3 is 19.2 Å². The molecule has 3 aromatic carbocycles. The second-order valence-electron chi connectivity index (χ2n) is 8.40. The molecule has 0 unspecified atom stereocenters. The first kappa shape index (κ1) is 25.0. The summed E-state index contributed by atoms with van der Waals surface area (Å²) in [5, 5.41) is 2.88. The van der Waals surface area contributed by atoms with Gasteiger partial charge in [-0.25, -0.2) is 4.39 Å². The smallest absolute Gasteiger partial charge is 0.287 e. The first-order valence-electron chi connectivity index (χ1n) is 11.6. The SMILES string of the molecule is COc1ccc(CN(Cc2cccc(F)c2)Cc2ccc(C(=O)NCc3ccccc3)o2)cc1OC. The van der Waals surface area contributed by atoms with Crippen molar-refractivity contribution in [2.75, 3.05) is 14.2 Å². The van der Waals surface area contributed by atoms with Crippen molar-refractivity contribution in [1.82, 2.24) is 10.2 Å². The molecular weight excluding hydrogens is 459 g/mol. The van der Waals surface area contributed by atoms with E-state index in [1.165, 1.54) is 12.1 Å². The highest BCUT2D eigenvalue weighted by Crippen LogP contribution is 2.28. The molecule has 0 aliphatic rings. The van der Waals surface area contributed by atoms with E-state index in [9.17, 15) is 9.18 Å². The summed E-state index contributed by atoms with van der Waals surface area (Å²) in [5.74, 6) is 1.61. The van der Waals surface area contributed by atoms with E-state index in [1.54, 1.807) is 32.4 Å². The Hall–Kier alpha value is -4.10. The second kappa shape index (κ2) is 12.0. The number of amides is 1. The molecule has 0 bridgehead atoms. The molecule has 0 saturated heterocycles. The number of furan rings is 1. The van der Waals surface area contributed by atoms with Crippen molar-refractivity contribution < 1.29 is 23.1 Å². The fourth-order valence-corrected chi connectivity index (χ4v) is 3.97. The number of methoxy groups -OCH3 is 2. The lowest BCUT2D eigenvalue weighted by Crippen LogP contribution is -2.23. The van der Waals surface area contributed by atoms with Crippen molar-refractivity contribution in [1.29, 1.82) is 0 Å². The van der Waals surface area contributed by atoms with E-state index in [4.69, 9.17) is 13.9 Å². The zero-order chi connectivity index (χ0) is 25.3. The van der Waals surface area contributed by atoms with Crippen molar-refractivity contribution in [3.8, 4) is 11.5 Å². The fraction of sp³-hybridized carbons (Fsp3) is 0.207. The predicted molar refractivity (Wildman–Crippen MR) is 135 cm³/mol. The number of hydrogen-bond donors (Lipinski definition) is 1. The molecule has 0 saturated carbocycles. The number of halogens is 1. The largest absolute Gasteiger partial charge is 0.493 e. The number of carbonyl (C=O) groups is 1. The maximum absolute atomic E-state index is 13.8. The number of benzene rings is 3. The van der Waals surface area contributed by atoms with E-state index < -0.39 is 0 Å². The van der Waals surface area contributed by atoms with E-state index >= 15 is 0 Å². The topological polar surface area (TPSA) is 63.9 Å². The van der Waals surface area contributed by atoms with Gasteiger partial charge in [-0.2, -0.15) is 0 Å². The lowest BCUT2D eigenvalue weighted by Gasteiger charge is -2.22. The van der Waals surface area contributed by atoms with Crippen molar-refractivity contribution in [3.05, 3.63) is 119 Å². The summed E-state index contributed by atoms with van der Waals surface area (Å²) in [7, 11) is 3.19. The average molecular weight is 489 g/mol. The van der Waals surface area contributed by atoms with Gasteiger partial charge >= 0.3 is 0 Å². The van der Waals surface area contributed by atoms with Crippen LogP contribution in [0.15, 0.2) is 89.3 Å². The number of rotatable bonds is 11. The first-order valence-corrected chi connectivity index (χ1v) is 11.6. The Bertz CT molecular complexity index is 1290. The zero-order valence-electron chi connectivity index (χ0n) is 20.4. The van der Waals surface area contributed by atoms with E-state index in [0.29, 0.717) is 43.4 Å². The second-order valence-corrected chi connectivity index (χ2v) is 8.40. The number of hydrogen-bond acceptors (Lipinski definition) is 5. The van der Waals surface area contributed by atoms with Gasteiger partial charge in [0.05, 0.1) is 20.8 Å². The molecule has 7 heteroatoms. The molecule has 0 fully saturated rings. The van der Waals surface area contributed by atoms with Crippen LogP contribution in [-0.4, -0.2) is 25.0 Å². The summed E-state index contributed by atoms with van der Waals surface area (Å²) in [6, 6.07) is 25.4. The molecule has 0 atom stereocenters. The minimum atomic E-state index is -0.283. The van der Waals surface area contributed by atoms with Gasteiger partial charge in [0.2, 0.25) is 0 Å². The van der Waals surface area contributed by atoms with Crippen LogP contribution < -0.4 is 14.8 Å². The lowest BCUT2D eigenvalue weighted by molar-refractivity contribution is 0.0918. The van der Waals surface area contributed by atoms with Crippen molar-refractivity contribution in [3.63, 3.8) is 0 Å². The van der Waals surface area contributed by atoms with Gasteiger partial charge in [-0.1, -0.05) is 48.5 Å². The van der Waals surface area contributed by atoms with Crippen LogP contribution in [0.5, 0.6) is 11.5 Å². The number of nitrogens with zero attached hydrogens (tertiary/aromatic N) is 1. The van der Waals surface area contributed by atoms with Crippen molar-refractivity contribution in [2.45, 2.75) is 26.2 Å². The van der Waals surface area contributed by atoms with E-state index in [2.05, 4.69) is 10.2 Å². The standard InChI is InChI=1S/C29H29FN2O4/c1-34-26-13-11-23(16-28(26)35-2)19-32(18-22-9-6-10-24(30)15-22)20-25-12-14-27(36-25)29(33)31-17-21-7-4-3-5-8-21/h3-16H,17-20H2,1-2H3,(H,31,33). The molecule has 36 heavy (non-hydrogen) atoms. The molecule has 1 amide bonds. The Morgan fingerprint density at radius 1 is 0.806 bits per heavy atom. The maximum Gasteiger partial charge on any atom is 0.287 e. The molecule has 0 aliphatic heterocycles. The molecule has 4 rings (SSSR count). The Balaban J connectivity index is 1.48. The van der Waals surface area contributed by atoms with Gasteiger partial charge in [0.25, 0.3) is 5.91 Å². The molecule has 1 N–H and O–H groups in total. The molecule has 0 radical (unpaired) electrons. The average Bonchev–Trinajstić information content (AvgIpc) is 3.36. The highest BCUT2D eigenvalue weighted by molar-refractivity contribution is 5.91. The van der Waals surface area contributed by atoms with Crippen LogP contribution >= 0.6 is 0 Å². The number of ether oxygens (including phenoxy) is 2. The highest BCUT2D eigenvalue weighted by Gasteiger charge is 2.16. The van der Waals surface area contributed by atoms with Crippen molar-refractivity contribution in [2.24, 2.45) is 0 Å². The summed E-state index contributed by atoms with van der Waals surface area (Å²) in [6.07, 6.45) is 0. The molecule has 186 valence electrons. The van der Waals surface area contributed by atoms with Crippen LogP contribution in [0.25, 0.3) is 0 Å². The quantitative estimate of drug-likeness (QED) is 0.299. The molecular formula is C29H29FN2O4. The van der Waals surface area contributed by atoms with Crippen LogP contribution in [0.4, 0.5) is 4.39 Å². The normalized spacial score (nSPS) is 10.9. The molecule has 1 aromatic heterocycles. The van der Waals surface area contributed by atoms with Gasteiger partial charge in [0.1, 0.15) is 11.6 Å². The molecule has 4 aromatic rings. The Kier molecular flexibility index (Phi) is 8.36. The third-order valence-corrected chi connectivity index (χ3v) is 5.71. The monoisotopic (exact) mass is 488 g/mol. The van der Waals surface area contributed by atoms with Crippen LogP contribution in [0.3, 0.4) is 0 Å². The molecule has 6 nitrogen and oxygen atoms in total. The highest BCUT2D eigenvalue weighted by atomic mass is 19.1. The van der Waals surface area contributed by atoms with Gasteiger partial charge in [0.15, 0.2) is 17.3 Å². The Labute approximate surface area is 210 Å². The minimum absolute atomic E-state index is 0.248. The zero-order valence-corrected chi connectivity index (χ0v) is 20.4. The lowest BCUT2D eigenvalue weighted by atomic mass is 10.1. The van der Waals surface area contributed by atoms with Crippen molar-refractivity contribution >= 4 is 5.91 Å². The fourth-order valence-electron chi connectivity index (χ4n) is 3.97. The first-order chi connectivity index (χ1) is 17.5. The van der Waals surface area contributed by atoms with Gasteiger partial charge in [0, 0.05) is 19.6 Å². The van der Waals surface area contributed by atoms with Crippen LogP contribution in [-0.2, 0) is 26.2 Å². The molecule has 0 spiro atoms. The number of nitrogens with one attached hydrogen (secondary N) is 1. The summed E-state index contributed by atoms with van der Waals surface area (Å²) >= 11 is 0. The summed E-state index contributed by atoms with van der Waals surface area (Å²) in [4.78, 5) is 14.7. The van der Waals surface area contributed by atoms with Gasteiger partial charge in [-0.05, 0) is 53.1 Å². The number of carbonyl (C=O) groups excluding carboxylic acids is 1. The van der Waals surface area contributed by atoms with E-state index in [-0.39, 0.29) is 17.5 Å². The summed E-state index contributed by atoms with van der Waals surface area (Å²) in [6.45, 7) is 1.88. The van der Waals surface area contributed by atoms with Crippen LogP contribution in [0, 0.1) is 5.82 Å². The summed E-state index contributed by atoms with van der Waals surface area (Å²) < 4.78 is 30.5. The van der Waals surface area contributed by atoms with Gasteiger partial charge in [-0.15, -0.1) is 0 Å². The molecule has 0 aliphatic carbocycles. The van der Waals surface area contributed by atoms with E-state index in [1.807, 2.05) is 54.6 Å². The van der Waals surface area contributed by atoms with Crippen LogP contribution in [0.2, 0.25) is 0 Å². The van der Waals surface area contributed by atoms with Crippen LogP contribution in [0.1, 0.15) is 33.0 Å². The minimum Gasteiger partial charge on any atom is -0.493 e. The summed E-state index contributed by atoms with van der Waals surface area (Å²) in [5.41, 5.74) is 2.84. The third kappa shape index (κ3) is 6.73. The maximum atomic E-state index is 13.8. The Morgan fingerprint density at radius 3 is 2.25 bits per heavy atom. The third-order valence-electron chi connectivity index (χ3n) is 5.71. The van der Waals surface area contributed by atoms with E-state index in [0.717, 1.165) is 16.7 Å². The predicted octanol–water partition coefficient (Wildman–Crippen LogP) is 5.57. The Morgan fingerprint density at radius 2 is 1.53 bits per heavy atom. The molecule has 1 heterocycles. The van der Waals surface area contributed by atoms with Gasteiger partial charge in [-0.3, -0.25) is 9.69 Å².